The minimum atomic E-state index is -0.340. The first-order valence-electron chi connectivity index (χ1n) is 7.32. The number of aromatic nitrogens is 2. The molecular formula is C19H14N2O2. The van der Waals surface area contributed by atoms with Gasteiger partial charge in [0, 0.05) is 22.5 Å². The van der Waals surface area contributed by atoms with E-state index in [2.05, 4.69) is 17.1 Å². The van der Waals surface area contributed by atoms with Crippen LogP contribution in [0, 0.1) is 0 Å². The lowest BCUT2D eigenvalue weighted by molar-refractivity contribution is 0.0601. The van der Waals surface area contributed by atoms with Gasteiger partial charge in [-0.3, -0.25) is 0 Å². The van der Waals surface area contributed by atoms with E-state index in [-0.39, 0.29) is 5.97 Å². The maximum Gasteiger partial charge on any atom is 0.337 e. The van der Waals surface area contributed by atoms with Crippen LogP contribution in [0.5, 0.6) is 0 Å². The van der Waals surface area contributed by atoms with Gasteiger partial charge >= 0.3 is 5.97 Å². The minimum Gasteiger partial charge on any atom is -0.465 e. The Morgan fingerprint density at radius 1 is 1.00 bits per heavy atom. The number of carbonyl (C=O) groups is 1. The first kappa shape index (κ1) is 13.5. The van der Waals surface area contributed by atoms with Crippen LogP contribution in [0.4, 0.5) is 0 Å². The molecule has 23 heavy (non-hydrogen) atoms. The monoisotopic (exact) mass is 302 g/mol. The van der Waals surface area contributed by atoms with E-state index >= 15 is 0 Å². The molecule has 0 radical (unpaired) electrons. The summed E-state index contributed by atoms with van der Waals surface area (Å²) in [6, 6.07) is 17.4. The number of carbonyl (C=O) groups excluding carboxylic acids is 1. The summed E-state index contributed by atoms with van der Waals surface area (Å²) in [5, 5.41) is 2.27. The summed E-state index contributed by atoms with van der Waals surface area (Å²) < 4.78 is 4.74. The molecule has 0 saturated carbocycles. The van der Waals surface area contributed by atoms with Crippen molar-refractivity contribution in [3.05, 3.63) is 66.4 Å². The van der Waals surface area contributed by atoms with Crippen molar-refractivity contribution in [3.63, 3.8) is 0 Å². The van der Waals surface area contributed by atoms with Crippen molar-refractivity contribution in [2.45, 2.75) is 0 Å². The standard InChI is InChI=1S/C19H14N2O2/c1-23-19(22)13-8-6-12(7-9-13)17-18-15(10-11-20-18)14-4-2-3-5-16(14)21-17/h2-11,20H,1H3. The average molecular weight is 302 g/mol. The number of fused-ring (bicyclic) bond motifs is 3. The Balaban J connectivity index is 1.93. The fourth-order valence-electron chi connectivity index (χ4n) is 2.86. The number of hydrogen-bond acceptors (Lipinski definition) is 3. The highest BCUT2D eigenvalue weighted by molar-refractivity contribution is 6.09. The lowest BCUT2D eigenvalue weighted by atomic mass is 10.0. The van der Waals surface area contributed by atoms with Crippen LogP contribution in [0.25, 0.3) is 33.1 Å². The highest BCUT2D eigenvalue weighted by Crippen LogP contribution is 2.31. The Morgan fingerprint density at radius 3 is 2.57 bits per heavy atom. The highest BCUT2D eigenvalue weighted by Gasteiger charge is 2.12. The summed E-state index contributed by atoms with van der Waals surface area (Å²) >= 11 is 0. The van der Waals surface area contributed by atoms with E-state index in [0.29, 0.717) is 5.56 Å². The molecule has 4 heteroatoms. The van der Waals surface area contributed by atoms with Crippen LogP contribution in [0.3, 0.4) is 0 Å². The normalized spacial score (nSPS) is 11.0. The third-order valence-electron chi connectivity index (χ3n) is 3.99. The van der Waals surface area contributed by atoms with Gasteiger partial charge in [0.2, 0.25) is 0 Å². The van der Waals surface area contributed by atoms with Crippen molar-refractivity contribution >= 4 is 27.8 Å². The van der Waals surface area contributed by atoms with Crippen molar-refractivity contribution < 1.29 is 9.53 Å². The fraction of sp³-hybridized carbons (Fsp3) is 0.0526. The molecule has 0 bridgehead atoms. The Kier molecular flexibility index (Phi) is 3.08. The smallest absolute Gasteiger partial charge is 0.337 e. The first-order valence-corrected chi connectivity index (χ1v) is 7.32. The number of hydrogen-bond donors (Lipinski definition) is 1. The molecular weight excluding hydrogens is 288 g/mol. The topological polar surface area (TPSA) is 55.0 Å². The maximum atomic E-state index is 11.6. The molecule has 0 amide bonds. The van der Waals surface area contributed by atoms with Crippen LogP contribution < -0.4 is 0 Å². The maximum absolute atomic E-state index is 11.6. The number of rotatable bonds is 2. The molecule has 112 valence electrons. The van der Waals surface area contributed by atoms with E-state index in [1.54, 1.807) is 12.1 Å². The van der Waals surface area contributed by atoms with E-state index < -0.39 is 0 Å². The summed E-state index contributed by atoms with van der Waals surface area (Å²) in [5.74, 6) is -0.340. The van der Waals surface area contributed by atoms with Crippen LogP contribution in [0.15, 0.2) is 60.8 Å². The zero-order valence-electron chi connectivity index (χ0n) is 12.5. The predicted octanol–water partition coefficient (Wildman–Crippen LogP) is 4.17. The van der Waals surface area contributed by atoms with Crippen LogP contribution in [-0.4, -0.2) is 23.0 Å². The Hall–Kier alpha value is -3.14. The van der Waals surface area contributed by atoms with Crippen LogP contribution in [0.1, 0.15) is 10.4 Å². The Bertz CT molecular complexity index is 1020. The molecule has 0 fully saturated rings. The molecule has 2 aromatic carbocycles. The molecule has 0 atom stereocenters. The van der Waals surface area contributed by atoms with Crippen LogP contribution >= 0.6 is 0 Å². The average Bonchev–Trinajstić information content (AvgIpc) is 3.10. The number of benzene rings is 2. The van der Waals surface area contributed by atoms with Crippen LogP contribution in [-0.2, 0) is 4.74 Å². The predicted molar refractivity (Wildman–Crippen MR) is 90.4 cm³/mol. The third-order valence-corrected chi connectivity index (χ3v) is 3.99. The SMILES string of the molecule is COC(=O)c1ccc(-c2nc3ccccc3c3cc[nH]c23)cc1. The molecule has 4 rings (SSSR count). The van der Waals surface area contributed by atoms with E-state index in [9.17, 15) is 4.79 Å². The summed E-state index contributed by atoms with van der Waals surface area (Å²) in [5.41, 5.74) is 4.30. The van der Waals surface area contributed by atoms with E-state index in [4.69, 9.17) is 9.72 Å². The van der Waals surface area contributed by atoms with Gasteiger partial charge < -0.3 is 9.72 Å². The molecule has 1 N–H and O–H groups in total. The van der Waals surface area contributed by atoms with Gasteiger partial charge in [0.1, 0.15) is 0 Å². The minimum absolute atomic E-state index is 0.340. The van der Waals surface area contributed by atoms with Crippen molar-refractivity contribution in [2.24, 2.45) is 0 Å². The molecule has 4 aromatic rings. The summed E-state index contributed by atoms with van der Waals surface area (Å²) in [7, 11) is 1.38. The molecule has 2 aromatic heterocycles. The number of H-pyrrole nitrogens is 1. The highest BCUT2D eigenvalue weighted by atomic mass is 16.5. The van der Waals surface area contributed by atoms with E-state index in [0.717, 1.165) is 33.1 Å². The molecule has 0 saturated heterocycles. The van der Waals surface area contributed by atoms with Gasteiger partial charge in [0.05, 0.1) is 29.4 Å². The quantitative estimate of drug-likeness (QED) is 0.565. The van der Waals surface area contributed by atoms with Gasteiger partial charge in [0.25, 0.3) is 0 Å². The molecule has 0 aliphatic rings. The van der Waals surface area contributed by atoms with Gasteiger partial charge in [-0.05, 0) is 24.3 Å². The van der Waals surface area contributed by atoms with Gasteiger partial charge in [-0.2, -0.15) is 0 Å². The van der Waals surface area contributed by atoms with Gasteiger partial charge in [-0.25, -0.2) is 9.78 Å². The van der Waals surface area contributed by atoms with Gasteiger partial charge in [0.15, 0.2) is 0 Å². The lowest BCUT2D eigenvalue weighted by Crippen LogP contribution is -2.00. The number of nitrogens with one attached hydrogen (secondary N) is 1. The number of methoxy groups -OCH3 is 1. The number of ether oxygens (including phenoxy) is 1. The summed E-state index contributed by atoms with van der Waals surface area (Å²) in [4.78, 5) is 19.6. The van der Waals surface area contributed by atoms with Crippen molar-refractivity contribution in [3.8, 4) is 11.3 Å². The van der Waals surface area contributed by atoms with Gasteiger partial charge in [-0.1, -0.05) is 30.3 Å². The zero-order valence-corrected chi connectivity index (χ0v) is 12.5. The van der Waals surface area contributed by atoms with Crippen molar-refractivity contribution in [1.29, 1.82) is 0 Å². The second-order valence-electron chi connectivity index (χ2n) is 5.31. The Labute approximate surface area is 132 Å². The number of nitrogens with zero attached hydrogens (tertiary/aromatic N) is 1. The number of aromatic amines is 1. The second kappa shape index (κ2) is 5.25. The molecule has 0 aliphatic carbocycles. The zero-order chi connectivity index (χ0) is 15.8. The van der Waals surface area contributed by atoms with E-state index in [1.807, 2.05) is 36.5 Å². The summed E-state index contributed by atoms with van der Waals surface area (Å²) in [6.07, 6.45) is 1.92. The third kappa shape index (κ3) is 2.16. The lowest BCUT2D eigenvalue weighted by Gasteiger charge is -2.07. The first-order chi connectivity index (χ1) is 11.3. The largest absolute Gasteiger partial charge is 0.465 e. The number of para-hydroxylation sites is 1. The van der Waals surface area contributed by atoms with E-state index in [1.165, 1.54) is 7.11 Å². The number of esters is 1. The van der Waals surface area contributed by atoms with Crippen LogP contribution in [0.2, 0.25) is 0 Å². The molecule has 4 nitrogen and oxygen atoms in total. The second-order valence-corrected chi connectivity index (χ2v) is 5.31. The number of pyridine rings is 1. The van der Waals surface area contributed by atoms with Crippen molar-refractivity contribution in [2.75, 3.05) is 7.11 Å². The van der Waals surface area contributed by atoms with Crippen molar-refractivity contribution in [1.82, 2.24) is 9.97 Å². The molecule has 0 aliphatic heterocycles. The molecule has 2 heterocycles. The summed E-state index contributed by atoms with van der Waals surface area (Å²) in [6.45, 7) is 0. The fourth-order valence-corrected chi connectivity index (χ4v) is 2.86. The van der Waals surface area contributed by atoms with Gasteiger partial charge in [-0.15, -0.1) is 0 Å². The molecule has 0 spiro atoms. The Morgan fingerprint density at radius 2 is 1.78 bits per heavy atom. The molecule has 0 unspecified atom stereocenters.